The van der Waals surface area contributed by atoms with Crippen molar-refractivity contribution in [1.29, 1.82) is 0 Å². The summed E-state index contributed by atoms with van der Waals surface area (Å²) in [4.78, 5) is 58.6. The summed E-state index contributed by atoms with van der Waals surface area (Å²) in [5.74, 6) is -1.64. The summed E-state index contributed by atoms with van der Waals surface area (Å²) in [6.45, 7) is 2.26. The van der Waals surface area contributed by atoms with Gasteiger partial charge >= 0.3 is 33.6 Å². The number of ether oxygens (including phenoxy) is 3. The van der Waals surface area contributed by atoms with Gasteiger partial charge in [-0.05, 0) is 141 Å². The molecule has 0 aromatic heterocycles. The average molecular weight is 1430 g/mol. The molecule has 0 aromatic carbocycles. The van der Waals surface area contributed by atoms with Crippen LogP contribution < -0.4 is 0 Å². The number of phosphoric acid groups is 2. The second-order valence-corrected chi connectivity index (χ2v) is 27.6. The number of rotatable bonds is 70. The van der Waals surface area contributed by atoms with Crippen LogP contribution in [0.5, 0.6) is 0 Å². The molecule has 0 bridgehead atoms. The maximum atomic E-state index is 12.9. The van der Waals surface area contributed by atoms with Crippen LogP contribution in [-0.2, 0) is 55.8 Å². The number of phosphoric ester groups is 2. The third-order valence-electron chi connectivity index (χ3n) is 15.2. The minimum Gasteiger partial charge on any atom is -0.463 e. The van der Waals surface area contributed by atoms with Crippen molar-refractivity contribution in [3.8, 4) is 0 Å². The number of hydrogen-bond donors (Lipinski definition) is 4. The topological polar surface area (TPSA) is 231 Å². The number of carbonyl (C=O) groups excluding carboxylic acids is 3. The van der Waals surface area contributed by atoms with E-state index in [1.165, 1.54) is 57.8 Å². The Morgan fingerprint density at radius 1 is 0.283 bits per heavy atom. The highest BCUT2D eigenvalue weighted by Gasteiger charge is 2.29. The highest BCUT2D eigenvalue weighted by Crippen LogP contribution is 2.45. The van der Waals surface area contributed by atoms with Gasteiger partial charge in [0.15, 0.2) is 6.10 Å². The predicted molar refractivity (Wildman–Crippen MR) is 408 cm³/mol. The molecule has 0 saturated heterocycles. The minimum atomic E-state index is -4.95. The fourth-order valence-electron chi connectivity index (χ4n) is 9.58. The maximum absolute atomic E-state index is 12.9. The van der Waals surface area contributed by atoms with E-state index < -0.39 is 91.5 Å². The Morgan fingerprint density at radius 2 is 0.505 bits per heavy atom. The van der Waals surface area contributed by atoms with Crippen molar-refractivity contribution in [1.82, 2.24) is 0 Å². The summed E-state index contributed by atoms with van der Waals surface area (Å²) in [5.41, 5.74) is 0. The van der Waals surface area contributed by atoms with Gasteiger partial charge in [-0.25, -0.2) is 9.13 Å². The smallest absolute Gasteiger partial charge is 0.463 e. The Balaban J connectivity index is 4.57. The number of aliphatic hydroxyl groups is 2. The van der Waals surface area contributed by atoms with Crippen molar-refractivity contribution in [3.05, 3.63) is 158 Å². The van der Waals surface area contributed by atoms with Crippen LogP contribution in [0.3, 0.4) is 0 Å². The zero-order valence-electron chi connectivity index (χ0n) is 61.4. The van der Waals surface area contributed by atoms with Crippen molar-refractivity contribution in [2.45, 2.75) is 296 Å². The minimum absolute atomic E-state index is 0.0659. The molecule has 0 rings (SSSR count). The van der Waals surface area contributed by atoms with E-state index in [1.54, 1.807) is 0 Å². The van der Waals surface area contributed by atoms with E-state index in [0.29, 0.717) is 19.3 Å². The molecule has 0 aromatic rings. The molecule has 0 spiro atoms. The fraction of sp³-hybridized carbons (Fsp3) is 0.642. The van der Waals surface area contributed by atoms with E-state index in [4.69, 9.17) is 32.3 Å². The van der Waals surface area contributed by atoms with Crippen molar-refractivity contribution in [2.24, 2.45) is 0 Å². The first-order valence-electron chi connectivity index (χ1n) is 37.8. The van der Waals surface area contributed by atoms with Gasteiger partial charge in [-0.2, -0.15) is 0 Å². The van der Waals surface area contributed by atoms with Gasteiger partial charge < -0.3 is 34.2 Å². The summed E-state index contributed by atoms with van der Waals surface area (Å²) < 4.78 is 61.0. The van der Waals surface area contributed by atoms with Gasteiger partial charge in [-0.3, -0.25) is 32.5 Å². The average Bonchev–Trinajstić information content (AvgIpc) is 2.18. The maximum Gasteiger partial charge on any atom is 0.472 e. The standard InChI is InChI=1S/C81H134O16P2/c1-4-7-10-13-16-19-22-25-28-31-32-33-34-35-36-37-38-39-40-41-42-45-47-49-52-55-58-61-64-67-79(84)91-70-76(82)71-93-98(87,88)94-72-77(83)73-95-99(89,90)96-75-78(97-81(86)69-66-63-60-57-54-51-48-44-30-27-24-21-18-15-12-9-6-3)74-92-80(85)68-65-62-59-56-53-50-46-43-29-26-23-20-17-14-11-8-5-2/h7-12,16-21,25-30,32-33,35-36,46,48,50-51,76-78,82-83H,4-6,13-15,22-24,31,34,37-45,47,49,52-75H2,1-3H3,(H,87,88)(H,89,90)/b10-7-,11-8-,12-9-,19-16-,20-17-,21-18-,28-25-,29-26-,30-27-,33-32-,36-35-,50-46-,51-48-. The summed E-state index contributed by atoms with van der Waals surface area (Å²) in [6.07, 6.45) is 90.1. The molecular formula is C81H134O16P2. The summed E-state index contributed by atoms with van der Waals surface area (Å²) >= 11 is 0. The number of esters is 3. The second kappa shape index (κ2) is 72.9. The quantitative estimate of drug-likeness (QED) is 0.0146. The monoisotopic (exact) mass is 1420 g/mol. The Labute approximate surface area is 600 Å². The molecule has 0 heterocycles. The molecule has 0 fully saturated rings. The van der Waals surface area contributed by atoms with Crippen LogP contribution in [0.15, 0.2) is 158 Å². The van der Waals surface area contributed by atoms with Crippen LogP contribution in [-0.4, -0.2) is 95.9 Å². The molecule has 5 unspecified atom stereocenters. The predicted octanol–water partition coefficient (Wildman–Crippen LogP) is 21.9. The van der Waals surface area contributed by atoms with Gasteiger partial charge in [0, 0.05) is 19.3 Å². The molecule has 0 saturated carbocycles. The Hall–Kier alpha value is -4.83. The van der Waals surface area contributed by atoms with Gasteiger partial charge in [0.1, 0.15) is 25.4 Å². The number of aliphatic hydroxyl groups excluding tert-OH is 2. The first-order valence-corrected chi connectivity index (χ1v) is 40.8. The molecule has 18 heteroatoms. The molecule has 4 N–H and O–H groups in total. The lowest BCUT2D eigenvalue weighted by molar-refractivity contribution is -0.161. The van der Waals surface area contributed by atoms with Crippen LogP contribution in [0, 0.1) is 0 Å². The molecule has 0 radical (unpaired) electrons. The van der Waals surface area contributed by atoms with Gasteiger partial charge in [0.25, 0.3) is 0 Å². The van der Waals surface area contributed by atoms with E-state index in [-0.39, 0.29) is 19.3 Å². The summed E-state index contributed by atoms with van der Waals surface area (Å²) in [5, 5.41) is 20.6. The largest absolute Gasteiger partial charge is 0.472 e. The number of carbonyl (C=O) groups is 3. The normalized spacial score (nSPS) is 14.9. The van der Waals surface area contributed by atoms with Crippen molar-refractivity contribution < 1.29 is 75.8 Å². The number of allylic oxidation sites excluding steroid dienone is 26. The van der Waals surface area contributed by atoms with E-state index in [0.717, 1.165) is 161 Å². The molecule has 0 amide bonds. The molecule has 564 valence electrons. The van der Waals surface area contributed by atoms with Crippen LogP contribution in [0.2, 0.25) is 0 Å². The van der Waals surface area contributed by atoms with Crippen molar-refractivity contribution in [3.63, 3.8) is 0 Å². The molecule has 0 aliphatic heterocycles. The zero-order valence-corrected chi connectivity index (χ0v) is 63.1. The molecule has 5 atom stereocenters. The molecule has 16 nitrogen and oxygen atoms in total. The molecule has 0 aliphatic carbocycles. The lowest BCUT2D eigenvalue weighted by atomic mass is 10.0. The van der Waals surface area contributed by atoms with Crippen molar-refractivity contribution >= 4 is 33.6 Å². The van der Waals surface area contributed by atoms with E-state index in [9.17, 15) is 43.5 Å². The summed E-state index contributed by atoms with van der Waals surface area (Å²) in [6, 6.07) is 0. The summed E-state index contributed by atoms with van der Waals surface area (Å²) in [7, 11) is -9.81. The fourth-order valence-corrected chi connectivity index (χ4v) is 11.2. The van der Waals surface area contributed by atoms with Crippen LogP contribution in [0.25, 0.3) is 0 Å². The Morgan fingerprint density at radius 3 is 0.798 bits per heavy atom. The first-order chi connectivity index (χ1) is 48.2. The Bertz CT molecular complexity index is 2430. The Kier molecular flexibility index (Phi) is 69.4. The third kappa shape index (κ3) is 74.2. The number of hydrogen-bond acceptors (Lipinski definition) is 14. The lowest BCUT2D eigenvalue weighted by Gasteiger charge is -2.21. The third-order valence-corrected chi connectivity index (χ3v) is 17.1. The van der Waals surface area contributed by atoms with E-state index in [2.05, 4.69) is 179 Å². The highest BCUT2D eigenvalue weighted by atomic mass is 31.2. The second-order valence-electron chi connectivity index (χ2n) is 24.7. The first kappa shape index (κ1) is 94.2. The van der Waals surface area contributed by atoms with Crippen LogP contribution in [0.1, 0.15) is 278 Å². The highest BCUT2D eigenvalue weighted by molar-refractivity contribution is 7.47. The van der Waals surface area contributed by atoms with Crippen molar-refractivity contribution in [2.75, 3.05) is 39.6 Å². The lowest BCUT2D eigenvalue weighted by Crippen LogP contribution is -2.30. The van der Waals surface area contributed by atoms with Gasteiger partial charge in [0.05, 0.1) is 26.4 Å². The molecule has 0 aliphatic rings. The van der Waals surface area contributed by atoms with E-state index >= 15 is 0 Å². The van der Waals surface area contributed by atoms with Gasteiger partial charge in [0.2, 0.25) is 0 Å². The molecule has 99 heavy (non-hydrogen) atoms. The van der Waals surface area contributed by atoms with E-state index in [1.807, 2.05) is 0 Å². The van der Waals surface area contributed by atoms with Crippen LogP contribution in [0.4, 0.5) is 0 Å². The molecular weight excluding hydrogens is 1290 g/mol. The SMILES string of the molecule is CC/C=C\C/C=C\C/C=C\C/C=C\C/C=C\CCCCCCCCCCCCCCCC(=O)OCC(O)COP(=O)(O)OCC(O)COP(=O)(O)OCC(COC(=O)CCCCCC/C=C\C/C=C\C/C=C\C/C=C\CC)OC(=O)CCCCCC/C=C\C/C=C\C/C=C\C/C=C\CC. The zero-order chi connectivity index (χ0) is 72.3. The van der Waals surface area contributed by atoms with Gasteiger partial charge in [-0.1, -0.05) is 275 Å². The number of unbranched alkanes of at least 4 members (excludes halogenated alkanes) is 21. The van der Waals surface area contributed by atoms with Crippen LogP contribution >= 0.6 is 15.6 Å². The van der Waals surface area contributed by atoms with Gasteiger partial charge in [-0.15, -0.1) is 0 Å².